The number of likely N-dealkylation sites (N-methyl/N-ethyl adjacent to an activating group) is 1. The van der Waals surface area contributed by atoms with Crippen LogP contribution in [-0.2, 0) is 18.4 Å². The smallest absolute Gasteiger partial charge is 0.281 e. The van der Waals surface area contributed by atoms with Gasteiger partial charge in [-0.3, -0.25) is 9.36 Å². The van der Waals surface area contributed by atoms with E-state index in [1.165, 1.54) is 0 Å². The number of rotatable bonds is 7. The standard InChI is InChI=1S/C23H31N7O2/c1-7-29-20(31)18-19(26-21(25-18)23(2,3)4)30-22(29)24-17(27-30)14-15-8-10-16(11-9-15)32-13-12-28(5)6/h8-11H,7,12-14H2,1-6H3,(H,25,26). The normalized spacial score (nSPS) is 12.3. The van der Waals surface area contributed by atoms with Crippen LogP contribution >= 0.6 is 0 Å². The number of nitrogens with one attached hydrogen (secondary N) is 1. The highest BCUT2D eigenvalue weighted by atomic mass is 16.5. The minimum Gasteiger partial charge on any atom is -0.492 e. The first-order chi connectivity index (χ1) is 15.2. The van der Waals surface area contributed by atoms with Gasteiger partial charge in [0.25, 0.3) is 5.56 Å². The van der Waals surface area contributed by atoms with E-state index < -0.39 is 0 Å². The molecular weight excluding hydrogens is 406 g/mol. The largest absolute Gasteiger partial charge is 0.492 e. The van der Waals surface area contributed by atoms with Gasteiger partial charge in [0, 0.05) is 24.9 Å². The van der Waals surface area contributed by atoms with Gasteiger partial charge in [0.15, 0.2) is 17.0 Å². The Hall–Kier alpha value is -3.20. The quantitative estimate of drug-likeness (QED) is 0.478. The molecular formula is C23H31N7O2. The van der Waals surface area contributed by atoms with E-state index >= 15 is 0 Å². The van der Waals surface area contributed by atoms with Crippen LogP contribution in [-0.4, -0.2) is 61.3 Å². The van der Waals surface area contributed by atoms with E-state index in [9.17, 15) is 4.79 Å². The molecule has 1 N–H and O–H groups in total. The van der Waals surface area contributed by atoms with E-state index in [2.05, 4.69) is 35.6 Å². The number of fused-ring (bicyclic) bond motifs is 3. The first-order valence-corrected chi connectivity index (χ1v) is 10.9. The number of H-pyrrole nitrogens is 1. The van der Waals surface area contributed by atoms with Crippen LogP contribution in [0.15, 0.2) is 29.1 Å². The zero-order valence-corrected chi connectivity index (χ0v) is 19.6. The minimum absolute atomic E-state index is 0.129. The topological polar surface area (TPSA) is 93.3 Å². The Balaban J connectivity index is 1.66. The van der Waals surface area contributed by atoms with Gasteiger partial charge in [0.05, 0.1) is 0 Å². The van der Waals surface area contributed by atoms with Gasteiger partial charge in [-0.25, -0.2) is 4.98 Å². The van der Waals surface area contributed by atoms with Crippen molar-refractivity contribution in [2.75, 3.05) is 27.2 Å². The fourth-order valence-electron chi connectivity index (χ4n) is 3.50. The number of aromatic amines is 1. The van der Waals surface area contributed by atoms with Crippen molar-refractivity contribution < 1.29 is 4.74 Å². The molecule has 0 bridgehead atoms. The van der Waals surface area contributed by atoms with Crippen molar-refractivity contribution in [1.29, 1.82) is 0 Å². The Kier molecular flexibility index (Phi) is 5.77. The summed E-state index contributed by atoms with van der Waals surface area (Å²) in [5.74, 6) is 2.74. The second kappa shape index (κ2) is 8.38. The van der Waals surface area contributed by atoms with Gasteiger partial charge in [0.2, 0.25) is 5.78 Å². The van der Waals surface area contributed by atoms with Crippen LogP contribution in [0, 0.1) is 0 Å². The SMILES string of the molecule is CCn1c(=O)c2[nH]c(C(C)(C)C)nc2n2nc(Cc3ccc(OCCN(C)C)cc3)nc12. The average molecular weight is 438 g/mol. The molecule has 0 aliphatic rings. The predicted molar refractivity (Wildman–Crippen MR) is 125 cm³/mol. The first-order valence-electron chi connectivity index (χ1n) is 10.9. The Labute approximate surface area is 187 Å². The van der Waals surface area contributed by atoms with Crippen molar-refractivity contribution in [2.45, 2.75) is 46.1 Å². The molecule has 0 saturated heterocycles. The number of benzene rings is 1. The number of hydrogen-bond acceptors (Lipinski definition) is 6. The summed E-state index contributed by atoms with van der Waals surface area (Å²) >= 11 is 0. The highest BCUT2D eigenvalue weighted by Gasteiger charge is 2.23. The molecule has 0 aliphatic carbocycles. The van der Waals surface area contributed by atoms with E-state index in [0.717, 1.165) is 23.7 Å². The van der Waals surface area contributed by atoms with Crippen LogP contribution in [0.2, 0.25) is 0 Å². The van der Waals surface area contributed by atoms with Crippen molar-refractivity contribution in [3.63, 3.8) is 0 Å². The number of nitrogens with zero attached hydrogens (tertiary/aromatic N) is 6. The second-order valence-corrected chi connectivity index (χ2v) is 9.30. The summed E-state index contributed by atoms with van der Waals surface area (Å²) in [5, 5.41) is 4.70. The summed E-state index contributed by atoms with van der Waals surface area (Å²) in [5.41, 5.74) is 1.70. The van der Waals surface area contributed by atoms with Crippen LogP contribution in [0.3, 0.4) is 0 Å². The van der Waals surface area contributed by atoms with E-state index in [-0.39, 0.29) is 11.0 Å². The summed E-state index contributed by atoms with van der Waals surface area (Å²) in [7, 11) is 4.04. The van der Waals surface area contributed by atoms with Gasteiger partial charge < -0.3 is 14.6 Å². The maximum absolute atomic E-state index is 13.0. The third-order valence-corrected chi connectivity index (χ3v) is 5.34. The number of imidazole rings is 1. The van der Waals surface area contributed by atoms with Gasteiger partial charge in [-0.05, 0) is 38.7 Å². The molecule has 1 aromatic carbocycles. The van der Waals surface area contributed by atoms with E-state index in [1.807, 2.05) is 45.3 Å². The lowest BCUT2D eigenvalue weighted by molar-refractivity contribution is 0.261. The third-order valence-electron chi connectivity index (χ3n) is 5.34. The Bertz CT molecular complexity index is 1290. The molecule has 3 heterocycles. The number of aryl methyl sites for hydroxylation is 1. The van der Waals surface area contributed by atoms with Crippen LogP contribution in [0.5, 0.6) is 5.75 Å². The highest BCUT2D eigenvalue weighted by molar-refractivity contribution is 5.72. The van der Waals surface area contributed by atoms with Gasteiger partial charge >= 0.3 is 0 Å². The molecule has 0 radical (unpaired) electrons. The number of hydrogen-bond donors (Lipinski definition) is 1. The molecule has 9 nitrogen and oxygen atoms in total. The maximum atomic E-state index is 13.0. The minimum atomic E-state index is -0.214. The third kappa shape index (κ3) is 4.25. The molecule has 3 aromatic heterocycles. The van der Waals surface area contributed by atoms with Crippen LogP contribution < -0.4 is 10.3 Å². The highest BCUT2D eigenvalue weighted by Crippen LogP contribution is 2.22. The molecule has 4 rings (SSSR count). The Morgan fingerprint density at radius 3 is 2.47 bits per heavy atom. The molecule has 0 amide bonds. The first kappa shape index (κ1) is 22.0. The summed E-state index contributed by atoms with van der Waals surface area (Å²) in [4.78, 5) is 27.7. The molecule has 32 heavy (non-hydrogen) atoms. The van der Waals surface area contributed by atoms with Crippen molar-refractivity contribution in [3.8, 4) is 5.75 Å². The predicted octanol–water partition coefficient (Wildman–Crippen LogP) is 2.62. The summed E-state index contributed by atoms with van der Waals surface area (Å²) in [6.07, 6.45) is 0.551. The van der Waals surface area contributed by atoms with E-state index in [0.29, 0.717) is 42.3 Å². The molecule has 4 aromatic rings. The molecule has 0 atom stereocenters. The van der Waals surface area contributed by atoms with Crippen molar-refractivity contribution in [3.05, 3.63) is 51.8 Å². The monoisotopic (exact) mass is 437 g/mol. The Morgan fingerprint density at radius 1 is 1.12 bits per heavy atom. The molecule has 0 unspecified atom stereocenters. The zero-order valence-electron chi connectivity index (χ0n) is 19.6. The van der Waals surface area contributed by atoms with Crippen molar-refractivity contribution in [1.82, 2.24) is 34.0 Å². The fraction of sp³-hybridized carbons (Fsp3) is 0.478. The average Bonchev–Trinajstić information content (AvgIpc) is 3.34. The van der Waals surface area contributed by atoms with Crippen LogP contribution in [0.25, 0.3) is 16.9 Å². The lowest BCUT2D eigenvalue weighted by Crippen LogP contribution is -2.22. The summed E-state index contributed by atoms with van der Waals surface area (Å²) in [6, 6.07) is 7.96. The van der Waals surface area contributed by atoms with Gasteiger partial charge in [0.1, 0.15) is 18.2 Å². The molecule has 0 spiro atoms. The van der Waals surface area contributed by atoms with Gasteiger partial charge in [-0.2, -0.15) is 9.50 Å². The van der Waals surface area contributed by atoms with Crippen molar-refractivity contribution >= 4 is 16.9 Å². The molecule has 0 fully saturated rings. The van der Waals surface area contributed by atoms with Crippen LogP contribution in [0.4, 0.5) is 0 Å². The summed E-state index contributed by atoms with van der Waals surface area (Å²) < 4.78 is 9.08. The van der Waals surface area contributed by atoms with Gasteiger partial charge in [-0.1, -0.05) is 32.9 Å². The fourth-order valence-corrected chi connectivity index (χ4v) is 3.50. The molecule has 0 saturated carbocycles. The second-order valence-electron chi connectivity index (χ2n) is 9.30. The lowest BCUT2D eigenvalue weighted by Gasteiger charge is -2.13. The molecule has 170 valence electrons. The summed E-state index contributed by atoms with van der Waals surface area (Å²) in [6.45, 7) is 10.1. The Morgan fingerprint density at radius 2 is 1.84 bits per heavy atom. The number of ether oxygens (including phenoxy) is 1. The molecule has 9 heteroatoms. The zero-order chi connectivity index (χ0) is 23.0. The maximum Gasteiger partial charge on any atom is 0.281 e. The van der Waals surface area contributed by atoms with E-state index in [1.54, 1.807) is 9.08 Å². The van der Waals surface area contributed by atoms with Crippen LogP contribution in [0.1, 0.15) is 44.9 Å². The van der Waals surface area contributed by atoms with Crippen molar-refractivity contribution in [2.24, 2.45) is 0 Å². The molecule has 0 aliphatic heterocycles. The van der Waals surface area contributed by atoms with E-state index in [4.69, 9.17) is 14.8 Å². The van der Waals surface area contributed by atoms with Gasteiger partial charge in [-0.15, -0.1) is 5.10 Å². The number of aromatic nitrogens is 6. The lowest BCUT2D eigenvalue weighted by atomic mass is 9.96.